The van der Waals surface area contributed by atoms with E-state index >= 15 is 0 Å². The monoisotopic (exact) mass is 219 g/mol. The molecule has 1 atom stereocenters. The summed E-state index contributed by atoms with van der Waals surface area (Å²) in [7, 11) is 2.20. The lowest BCUT2D eigenvalue weighted by Crippen LogP contribution is -2.35. The van der Waals surface area contributed by atoms with Crippen molar-refractivity contribution in [1.29, 1.82) is 0 Å². The Bertz CT molecular complexity index is 338. The molecule has 2 rings (SSSR count). The highest BCUT2D eigenvalue weighted by Gasteiger charge is 2.16. The zero-order valence-electron chi connectivity index (χ0n) is 9.95. The number of hydrogen-bond acceptors (Lipinski definition) is 3. The number of hydrogen-bond donors (Lipinski definition) is 2. The van der Waals surface area contributed by atoms with Crippen LogP contribution in [0.15, 0.2) is 24.3 Å². The van der Waals surface area contributed by atoms with E-state index < -0.39 is 0 Å². The molecule has 1 heterocycles. The Morgan fingerprint density at radius 1 is 1.50 bits per heavy atom. The van der Waals surface area contributed by atoms with Crippen LogP contribution in [0.3, 0.4) is 0 Å². The molecule has 1 aromatic rings. The Labute approximate surface area is 97.6 Å². The van der Waals surface area contributed by atoms with Crippen molar-refractivity contribution in [2.75, 3.05) is 37.7 Å². The van der Waals surface area contributed by atoms with Gasteiger partial charge in [0.2, 0.25) is 0 Å². The summed E-state index contributed by atoms with van der Waals surface area (Å²) in [5, 5.41) is 3.47. The molecule has 3 nitrogen and oxygen atoms in total. The topological polar surface area (TPSA) is 41.3 Å². The number of nitrogen functional groups attached to an aromatic ring is 1. The first kappa shape index (κ1) is 11.3. The first-order valence-corrected chi connectivity index (χ1v) is 6.02. The molecule has 3 heteroatoms. The largest absolute Gasteiger partial charge is 0.399 e. The molecule has 0 aromatic heterocycles. The summed E-state index contributed by atoms with van der Waals surface area (Å²) >= 11 is 0. The van der Waals surface area contributed by atoms with Crippen molar-refractivity contribution in [3.8, 4) is 0 Å². The van der Waals surface area contributed by atoms with E-state index in [2.05, 4.69) is 23.3 Å². The van der Waals surface area contributed by atoms with E-state index in [-0.39, 0.29) is 0 Å². The normalized spacial score (nSPS) is 21.9. The van der Waals surface area contributed by atoms with Crippen molar-refractivity contribution >= 4 is 11.4 Å². The van der Waals surface area contributed by atoms with Gasteiger partial charge in [0.1, 0.15) is 0 Å². The summed E-state index contributed by atoms with van der Waals surface area (Å²) in [5.41, 5.74) is 7.70. The maximum Gasteiger partial charge on any atom is 0.0360 e. The second kappa shape index (κ2) is 5.21. The molecule has 0 amide bonds. The number of rotatable bonds is 3. The second-order valence-electron chi connectivity index (χ2n) is 4.78. The lowest BCUT2D eigenvalue weighted by molar-refractivity contribution is 0.217. The molecular formula is C13H21N3. The lowest BCUT2D eigenvalue weighted by atomic mass is 9.98. The summed E-state index contributed by atoms with van der Waals surface area (Å²) in [5.74, 6) is 0.764. The highest BCUT2D eigenvalue weighted by Crippen LogP contribution is 2.17. The average molecular weight is 219 g/mol. The molecule has 1 aromatic carbocycles. The molecule has 1 unspecified atom stereocenters. The van der Waals surface area contributed by atoms with Crippen LogP contribution < -0.4 is 11.1 Å². The predicted octanol–water partition coefficient (Wildman–Crippen LogP) is 2.02. The van der Waals surface area contributed by atoms with Gasteiger partial charge in [0.25, 0.3) is 0 Å². The van der Waals surface area contributed by atoms with Crippen LogP contribution in [-0.2, 0) is 0 Å². The van der Waals surface area contributed by atoms with Gasteiger partial charge in [-0.15, -0.1) is 0 Å². The summed E-state index contributed by atoms with van der Waals surface area (Å²) in [6.07, 6.45) is 2.65. The van der Waals surface area contributed by atoms with Gasteiger partial charge in [-0.2, -0.15) is 0 Å². The lowest BCUT2D eigenvalue weighted by Gasteiger charge is -2.30. The highest BCUT2D eigenvalue weighted by atomic mass is 15.1. The van der Waals surface area contributed by atoms with Crippen molar-refractivity contribution in [1.82, 2.24) is 4.90 Å². The number of nitrogens with one attached hydrogen (secondary N) is 1. The van der Waals surface area contributed by atoms with Crippen LogP contribution in [0.2, 0.25) is 0 Å². The number of anilines is 2. The Hall–Kier alpha value is -1.22. The number of nitrogens with zero attached hydrogens (tertiary/aromatic N) is 1. The molecule has 0 bridgehead atoms. The van der Waals surface area contributed by atoms with Gasteiger partial charge >= 0.3 is 0 Å². The van der Waals surface area contributed by atoms with Gasteiger partial charge in [0.15, 0.2) is 0 Å². The number of nitrogens with two attached hydrogens (primary N) is 1. The summed E-state index contributed by atoms with van der Waals surface area (Å²) in [4.78, 5) is 2.41. The van der Waals surface area contributed by atoms with Crippen LogP contribution >= 0.6 is 0 Å². The van der Waals surface area contributed by atoms with Crippen molar-refractivity contribution in [3.05, 3.63) is 24.3 Å². The van der Waals surface area contributed by atoms with Crippen LogP contribution in [0.1, 0.15) is 12.8 Å². The summed E-state index contributed by atoms with van der Waals surface area (Å²) < 4.78 is 0. The maximum atomic E-state index is 5.74. The van der Waals surface area contributed by atoms with Gasteiger partial charge in [0.05, 0.1) is 0 Å². The van der Waals surface area contributed by atoms with Crippen LogP contribution in [0.5, 0.6) is 0 Å². The molecule has 16 heavy (non-hydrogen) atoms. The van der Waals surface area contributed by atoms with E-state index in [1.54, 1.807) is 0 Å². The standard InChI is InChI=1S/C13H21N3/c1-16-7-3-4-11(10-16)9-15-13-6-2-5-12(14)8-13/h2,5-6,8,11,15H,3-4,7,9-10,14H2,1H3. The Morgan fingerprint density at radius 3 is 3.12 bits per heavy atom. The number of benzene rings is 1. The van der Waals surface area contributed by atoms with E-state index in [1.807, 2.05) is 18.2 Å². The zero-order chi connectivity index (χ0) is 11.4. The Kier molecular flexibility index (Phi) is 3.67. The van der Waals surface area contributed by atoms with Crippen LogP contribution in [-0.4, -0.2) is 31.6 Å². The minimum Gasteiger partial charge on any atom is -0.399 e. The second-order valence-corrected chi connectivity index (χ2v) is 4.78. The van der Waals surface area contributed by atoms with Crippen LogP contribution in [0, 0.1) is 5.92 Å². The average Bonchev–Trinajstić information content (AvgIpc) is 2.27. The minimum absolute atomic E-state index is 0.764. The van der Waals surface area contributed by atoms with Gasteiger partial charge in [-0.05, 0) is 50.6 Å². The van der Waals surface area contributed by atoms with Crippen molar-refractivity contribution in [2.24, 2.45) is 5.92 Å². The fourth-order valence-electron chi connectivity index (χ4n) is 2.35. The summed E-state index contributed by atoms with van der Waals surface area (Å²) in [6.45, 7) is 3.50. The van der Waals surface area contributed by atoms with Crippen molar-refractivity contribution in [2.45, 2.75) is 12.8 Å². The van der Waals surface area contributed by atoms with Crippen molar-refractivity contribution < 1.29 is 0 Å². The van der Waals surface area contributed by atoms with Crippen LogP contribution in [0.4, 0.5) is 11.4 Å². The number of likely N-dealkylation sites (tertiary alicyclic amines) is 1. The molecule has 3 N–H and O–H groups in total. The van der Waals surface area contributed by atoms with Gasteiger partial charge in [-0.1, -0.05) is 6.07 Å². The summed E-state index contributed by atoms with van der Waals surface area (Å²) in [6, 6.07) is 7.97. The third-order valence-corrected chi connectivity index (χ3v) is 3.20. The van der Waals surface area contributed by atoms with Crippen molar-refractivity contribution in [3.63, 3.8) is 0 Å². The first-order chi connectivity index (χ1) is 7.74. The Balaban J connectivity index is 1.82. The predicted molar refractivity (Wildman–Crippen MR) is 69.6 cm³/mol. The molecule has 0 radical (unpaired) electrons. The quantitative estimate of drug-likeness (QED) is 0.764. The molecule has 1 fully saturated rings. The molecule has 0 aliphatic carbocycles. The van der Waals surface area contributed by atoms with E-state index in [0.29, 0.717) is 0 Å². The van der Waals surface area contributed by atoms with E-state index in [1.165, 1.54) is 25.9 Å². The van der Waals surface area contributed by atoms with Gasteiger partial charge in [-0.3, -0.25) is 0 Å². The molecule has 88 valence electrons. The zero-order valence-corrected chi connectivity index (χ0v) is 9.95. The van der Waals surface area contributed by atoms with E-state index in [9.17, 15) is 0 Å². The highest BCUT2D eigenvalue weighted by molar-refractivity contribution is 5.54. The van der Waals surface area contributed by atoms with E-state index in [4.69, 9.17) is 5.73 Å². The van der Waals surface area contributed by atoms with E-state index in [0.717, 1.165) is 23.8 Å². The fourth-order valence-corrected chi connectivity index (χ4v) is 2.35. The molecule has 1 saturated heterocycles. The molecular weight excluding hydrogens is 198 g/mol. The number of piperidine rings is 1. The molecule has 1 aliphatic heterocycles. The minimum atomic E-state index is 0.764. The first-order valence-electron chi connectivity index (χ1n) is 6.02. The molecule has 1 aliphatic rings. The molecule has 0 saturated carbocycles. The third-order valence-electron chi connectivity index (χ3n) is 3.20. The fraction of sp³-hybridized carbons (Fsp3) is 0.538. The Morgan fingerprint density at radius 2 is 2.38 bits per heavy atom. The maximum absolute atomic E-state index is 5.74. The van der Waals surface area contributed by atoms with Gasteiger partial charge in [0, 0.05) is 24.5 Å². The van der Waals surface area contributed by atoms with Gasteiger partial charge in [-0.25, -0.2) is 0 Å². The SMILES string of the molecule is CN1CCCC(CNc2cccc(N)c2)C1. The smallest absolute Gasteiger partial charge is 0.0360 e. The van der Waals surface area contributed by atoms with Crippen LogP contribution in [0.25, 0.3) is 0 Å². The molecule has 0 spiro atoms. The van der Waals surface area contributed by atoms with Gasteiger partial charge < -0.3 is 16.0 Å². The third kappa shape index (κ3) is 3.14.